The zero-order valence-corrected chi connectivity index (χ0v) is 30.6. The van der Waals surface area contributed by atoms with Crippen molar-refractivity contribution < 1.29 is 0 Å². The molecular weight excluding hydrogens is 710 g/mol. The van der Waals surface area contributed by atoms with Gasteiger partial charge < -0.3 is 0 Å². The van der Waals surface area contributed by atoms with Crippen molar-refractivity contribution in [1.29, 1.82) is 0 Å². The Balaban J connectivity index is 1.11. The zero-order valence-electron chi connectivity index (χ0n) is 28.8. The van der Waals surface area contributed by atoms with E-state index >= 15 is 0 Å². The predicted octanol–water partition coefficient (Wildman–Crippen LogP) is 11.2. The van der Waals surface area contributed by atoms with Gasteiger partial charge in [-0.3, -0.25) is 0 Å². The summed E-state index contributed by atoms with van der Waals surface area (Å²) >= 11 is 2.80. The molecule has 0 N–H and O–H groups in total. The summed E-state index contributed by atoms with van der Waals surface area (Å²) in [4.78, 5) is 15.1. The van der Waals surface area contributed by atoms with Gasteiger partial charge in [0.1, 0.15) is 0 Å². The monoisotopic (exact) mass is 743 g/mol. The molecule has 0 aliphatic carbocycles. The van der Waals surface area contributed by atoms with Crippen LogP contribution in [0, 0.1) is 0 Å². The van der Waals surface area contributed by atoms with Crippen LogP contribution in [-0.2, 0) is 0 Å². The molecule has 0 radical (unpaired) electrons. The van der Waals surface area contributed by atoms with E-state index in [9.17, 15) is 0 Å². The number of rotatable bonds is 7. The van der Waals surface area contributed by atoms with Crippen LogP contribution in [0.3, 0.4) is 0 Å². The Labute approximate surface area is 317 Å². The standard InChI is InChI=1S/C49H33N3Se/c53-46-44(34-16-6-2-7-17-34)26-13-27-45(46)39-22-11-21-37(31-39)42-25-12-23-38-32-41(28-29-43(38)42)49-51-47(35-18-8-3-9-19-35)50-48(52-49)40-24-10-20-36(30-40)33-14-4-1-5-15-33/h1-32,53H. The van der Waals surface area contributed by atoms with Gasteiger partial charge >= 0.3 is 195 Å². The fourth-order valence-corrected chi connectivity index (χ4v) is 7.83. The Morgan fingerprint density at radius 2 is 0.717 bits per heavy atom. The van der Waals surface area contributed by atoms with Gasteiger partial charge in [-0.15, -0.1) is 0 Å². The molecule has 250 valence electrons. The first-order valence-electron chi connectivity index (χ1n) is 17.7. The predicted molar refractivity (Wildman–Crippen MR) is 222 cm³/mol. The van der Waals surface area contributed by atoms with Crippen LogP contribution in [0.25, 0.3) is 89.4 Å². The molecule has 0 fully saturated rings. The molecular formula is C49H33N3Se. The van der Waals surface area contributed by atoms with Gasteiger partial charge in [0.2, 0.25) is 0 Å². The summed E-state index contributed by atoms with van der Waals surface area (Å²) in [5.74, 6) is 1.93. The Bertz CT molecular complexity index is 2730. The normalized spacial score (nSPS) is 11.1. The summed E-state index contributed by atoms with van der Waals surface area (Å²) in [6, 6.07) is 68.0. The number of hydrogen-bond acceptors (Lipinski definition) is 3. The van der Waals surface area contributed by atoms with Crippen molar-refractivity contribution >= 4 is 31.2 Å². The number of hydrogen-bond donors (Lipinski definition) is 0. The molecule has 4 heteroatoms. The molecule has 0 aliphatic heterocycles. The molecule has 0 saturated heterocycles. The van der Waals surface area contributed by atoms with Gasteiger partial charge in [-0.05, 0) is 17.2 Å². The second kappa shape index (κ2) is 14.3. The molecule has 8 aromatic carbocycles. The van der Waals surface area contributed by atoms with E-state index in [4.69, 9.17) is 15.0 Å². The quantitative estimate of drug-likeness (QED) is 0.153. The first kappa shape index (κ1) is 32.5. The molecule has 3 nitrogen and oxygen atoms in total. The van der Waals surface area contributed by atoms with E-state index in [-0.39, 0.29) is 0 Å². The van der Waals surface area contributed by atoms with E-state index in [1.807, 2.05) is 36.4 Å². The molecule has 9 aromatic rings. The summed E-state index contributed by atoms with van der Waals surface area (Å²) in [5.41, 5.74) is 12.3. The van der Waals surface area contributed by atoms with Gasteiger partial charge in [0.05, 0.1) is 0 Å². The molecule has 0 spiro atoms. The molecule has 0 unspecified atom stereocenters. The average Bonchev–Trinajstić information content (AvgIpc) is 3.24. The second-order valence-corrected chi connectivity index (χ2v) is 13.9. The summed E-state index contributed by atoms with van der Waals surface area (Å²) < 4.78 is 1.21. The second-order valence-electron chi connectivity index (χ2n) is 13.0. The van der Waals surface area contributed by atoms with Crippen LogP contribution in [0.2, 0.25) is 0 Å². The Morgan fingerprint density at radius 3 is 1.40 bits per heavy atom. The van der Waals surface area contributed by atoms with Crippen LogP contribution in [0.1, 0.15) is 0 Å². The zero-order chi connectivity index (χ0) is 35.6. The molecule has 0 saturated carbocycles. The van der Waals surface area contributed by atoms with Crippen LogP contribution in [0.4, 0.5) is 0 Å². The van der Waals surface area contributed by atoms with Crippen LogP contribution in [0.15, 0.2) is 194 Å². The van der Waals surface area contributed by atoms with E-state index in [1.54, 1.807) is 0 Å². The van der Waals surface area contributed by atoms with Gasteiger partial charge in [0.25, 0.3) is 0 Å². The van der Waals surface area contributed by atoms with Gasteiger partial charge in [0.15, 0.2) is 11.6 Å². The summed E-state index contributed by atoms with van der Waals surface area (Å²) in [6.45, 7) is 0. The molecule has 1 aromatic heterocycles. The van der Waals surface area contributed by atoms with Crippen molar-refractivity contribution in [3.05, 3.63) is 194 Å². The van der Waals surface area contributed by atoms with Gasteiger partial charge in [0, 0.05) is 11.1 Å². The van der Waals surface area contributed by atoms with Gasteiger partial charge in [-0.2, -0.15) is 0 Å². The molecule has 0 amide bonds. The summed E-state index contributed by atoms with van der Waals surface area (Å²) in [5, 5.41) is 2.30. The van der Waals surface area contributed by atoms with Crippen molar-refractivity contribution in [2.24, 2.45) is 0 Å². The SMILES string of the molecule is [SeH]c1c(-c2ccccc2)cccc1-c1cccc(-c2cccc3cc(-c4nc(-c5ccccc5)nc(-c5cccc(-c6ccccc6)c5)n4)ccc23)c1. The molecule has 9 rings (SSSR count). The van der Waals surface area contributed by atoms with E-state index < -0.39 is 0 Å². The maximum absolute atomic E-state index is 5.08. The molecule has 53 heavy (non-hydrogen) atoms. The first-order valence-corrected chi connectivity index (χ1v) is 18.6. The summed E-state index contributed by atoms with van der Waals surface area (Å²) in [6.07, 6.45) is 0. The molecule has 0 atom stereocenters. The molecule has 0 bridgehead atoms. The van der Waals surface area contributed by atoms with Crippen molar-refractivity contribution in [1.82, 2.24) is 15.0 Å². The third-order valence-corrected chi connectivity index (χ3v) is 10.7. The van der Waals surface area contributed by atoms with Gasteiger partial charge in [-0.1, -0.05) is 78.9 Å². The topological polar surface area (TPSA) is 38.7 Å². The van der Waals surface area contributed by atoms with Crippen molar-refractivity contribution in [2.75, 3.05) is 0 Å². The third-order valence-electron chi connectivity index (χ3n) is 9.64. The van der Waals surface area contributed by atoms with Crippen molar-refractivity contribution in [3.63, 3.8) is 0 Å². The Kier molecular flexibility index (Phi) is 8.75. The first-order chi connectivity index (χ1) is 26.2. The van der Waals surface area contributed by atoms with Crippen LogP contribution >= 0.6 is 0 Å². The van der Waals surface area contributed by atoms with E-state index in [0.717, 1.165) is 33.2 Å². The van der Waals surface area contributed by atoms with E-state index in [1.165, 1.54) is 43.2 Å². The van der Waals surface area contributed by atoms with E-state index in [0.29, 0.717) is 17.5 Å². The van der Waals surface area contributed by atoms with E-state index in [2.05, 4.69) is 174 Å². The third kappa shape index (κ3) is 6.58. The molecule has 1 heterocycles. The average molecular weight is 743 g/mol. The minimum absolute atomic E-state index is 0.639. The van der Waals surface area contributed by atoms with Crippen LogP contribution in [0.5, 0.6) is 0 Å². The van der Waals surface area contributed by atoms with Crippen LogP contribution in [-0.4, -0.2) is 31.0 Å². The van der Waals surface area contributed by atoms with Crippen LogP contribution < -0.4 is 4.46 Å². The Hall–Kier alpha value is -6.45. The summed E-state index contributed by atoms with van der Waals surface area (Å²) in [7, 11) is 0. The Morgan fingerprint density at radius 1 is 0.283 bits per heavy atom. The number of benzene rings is 8. The number of aromatic nitrogens is 3. The number of nitrogens with zero attached hydrogens (tertiary/aromatic N) is 3. The molecule has 0 aliphatic rings. The fraction of sp³-hybridized carbons (Fsp3) is 0. The minimum atomic E-state index is 0.639. The fourth-order valence-electron chi connectivity index (χ4n) is 6.97. The number of fused-ring (bicyclic) bond motifs is 1. The van der Waals surface area contributed by atoms with Crippen molar-refractivity contribution in [2.45, 2.75) is 0 Å². The van der Waals surface area contributed by atoms with Gasteiger partial charge in [-0.25, -0.2) is 4.98 Å². The van der Waals surface area contributed by atoms with Crippen molar-refractivity contribution in [3.8, 4) is 78.7 Å². The maximum atomic E-state index is 5.08.